The van der Waals surface area contributed by atoms with Crippen LogP contribution in [0.4, 0.5) is 0 Å². The van der Waals surface area contributed by atoms with E-state index in [2.05, 4.69) is 0 Å². The minimum Gasteiger partial charge on any atom is -0.458 e. The molecule has 3 rings (SSSR count). The number of esters is 1. The highest BCUT2D eigenvalue weighted by Crippen LogP contribution is 2.26. The van der Waals surface area contributed by atoms with Crippen LogP contribution in [-0.4, -0.2) is 5.97 Å². The number of allylic oxidation sites excluding steroid dienone is 1. The molecule has 2 aromatic carbocycles. The molecule has 0 aliphatic rings. The van der Waals surface area contributed by atoms with Crippen molar-refractivity contribution in [3.63, 3.8) is 0 Å². The SMILES string of the molecule is CC(C)=CC(=O)OCc1cc(=O)oc2c1ccc1ccccc12. The normalized spacial score (nSPS) is 10.7. The molecule has 0 bridgehead atoms. The van der Waals surface area contributed by atoms with Gasteiger partial charge in [-0.1, -0.05) is 42.0 Å². The van der Waals surface area contributed by atoms with Gasteiger partial charge in [-0.3, -0.25) is 0 Å². The van der Waals surface area contributed by atoms with E-state index < -0.39 is 11.6 Å². The molecule has 1 heterocycles. The first-order valence-corrected chi connectivity index (χ1v) is 7.31. The molecular formula is C19H16O4. The highest BCUT2D eigenvalue weighted by molar-refractivity contribution is 6.04. The van der Waals surface area contributed by atoms with Crippen LogP contribution >= 0.6 is 0 Å². The number of hydrogen-bond acceptors (Lipinski definition) is 4. The van der Waals surface area contributed by atoms with E-state index in [0.29, 0.717) is 11.1 Å². The topological polar surface area (TPSA) is 56.5 Å². The summed E-state index contributed by atoms with van der Waals surface area (Å²) >= 11 is 0. The fraction of sp³-hybridized carbons (Fsp3) is 0.158. The van der Waals surface area contributed by atoms with Crippen molar-refractivity contribution in [2.45, 2.75) is 20.5 Å². The Balaban J connectivity index is 2.07. The minimum atomic E-state index is -0.456. The summed E-state index contributed by atoms with van der Waals surface area (Å²) in [6.07, 6.45) is 1.42. The molecule has 0 atom stereocenters. The highest BCUT2D eigenvalue weighted by Gasteiger charge is 2.10. The largest absolute Gasteiger partial charge is 0.458 e. The van der Waals surface area contributed by atoms with E-state index in [0.717, 1.165) is 21.7 Å². The van der Waals surface area contributed by atoms with Crippen molar-refractivity contribution in [3.05, 3.63) is 70.1 Å². The van der Waals surface area contributed by atoms with E-state index in [1.807, 2.05) is 50.2 Å². The van der Waals surface area contributed by atoms with E-state index in [1.165, 1.54) is 12.1 Å². The second kappa shape index (κ2) is 6.08. The summed E-state index contributed by atoms with van der Waals surface area (Å²) in [4.78, 5) is 23.5. The van der Waals surface area contributed by atoms with Crippen molar-refractivity contribution in [1.82, 2.24) is 0 Å². The molecular weight excluding hydrogens is 292 g/mol. The fourth-order valence-corrected chi connectivity index (χ4v) is 2.50. The van der Waals surface area contributed by atoms with Crippen LogP contribution in [0.5, 0.6) is 0 Å². The van der Waals surface area contributed by atoms with Gasteiger partial charge in [-0.2, -0.15) is 0 Å². The smallest absolute Gasteiger partial charge is 0.336 e. The Morgan fingerprint density at radius 1 is 1.13 bits per heavy atom. The Morgan fingerprint density at radius 3 is 2.70 bits per heavy atom. The van der Waals surface area contributed by atoms with Crippen LogP contribution in [0.3, 0.4) is 0 Å². The standard InChI is InChI=1S/C19H16O4/c1-12(2)9-17(20)22-11-14-10-18(21)23-19-15-6-4-3-5-13(15)7-8-16(14)19/h3-10H,11H2,1-2H3. The zero-order valence-electron chi connectivity index (χ0n) is 13.0. The summed E-state index contributed by atoms with van der Waals surface area (Å²) < 4.78 is 10.6. The highest BCUT2D eigenvalue weighted by atomic mass is 16.5. The summed E-state index contributed by atoms with van der Waals surface area (Å²) in [6.45, 7) is 3.67. The molecule has 116 valence electrons. The van der Waals surface area contributed by atoms with Crippen molar-refractivity contribution in [2.75, 3.05) is 0 Å². The number of rotatable bonds is 3. The van der Waals surface area contributed by atoms with Crippen LogP contribution in [0, 0.1) is 0 Å². The second-order valence-electron chi connectivity index (χ2n) is 5.58. The third kappa shape index (κ3) is 3.16. The molecule has 0 amide bonds. The van der Waals surface area contributed by atoms with Gasteiger partial charge in [0.05, 0.1) is 0 Å². The Hall–Kier alpha value is -2.88. The van der Waals surface area contributed by atoms with Gasteiger partial charge in [0.25, 0.3) is 0 Å². The van der Waals surface area contributed by atoms with E-state index in [9.17, 15) is 9.59 Å². The third-order valence-electron chi connectivity index (χ3n) is 3.50. The first kappa shape index (κ1) is 15.0. The van der Waals surface area contributed by atoms with Gasteiger partial charge in [-0.05, 0) is 19.2 Å². The maximum Gasteiger partial charge on any atom is 0.336 e. The number of carbonyl (C=O) groups excluding carboxylic acids is 1. The minimum absolute atomic E-state index is 0.0308. The maximum absolute atomic E-state index is 11.9. The quantitative estimate of drug-likeness (QED) is 0.318. The average molecular weight is 308 g/mol. The van der Waals surface area contributed by atoms with Gasteiger partial charge in [0.2, 0.25) is 0 Å². The van der Waals surface area contributed by atoms with Crippen molar-refractivity contribution in [1.29, 1.82) is 0 Å². The Kier molecular flexibility index (Phi) is 3.98. The Labute approximate surface area is 133 Å². The van der Waals surface area contributed by atoms with E-state index in [1.54, 1.807) is 0 Å². The average Bonchev–Trinajstić information content (AvgIpc) is 2.51. The number of fused-ring (bicyclic) bond motifs is 3. The van der Waals surface area contributed by atoms with E-state index >= 15 is 0 Å². The van der Waals surface area contributed by atoms with Gasteiger partial charge < -0.3 is 9.15 Å². The van der Waals surface area contributed by atoms with Crippen LogP contribution in [0.1, 0.15) is 19.4 Å². The second-order valence-corrected chi connectivity index (χ2v) is 5.58. The summed E-state index contributed by atoms with van der Waals surface area (Å²) in [7, 11) is 0. The molecule has 1 aromatic heterocycles. The maximum atomic E-state index is 11.9. The Bertz CT molecular complexity index is 975. The first-order chi connectivity index (χ1) is 11.0. The van der Waals surface area contributed by atoms with Crippen LogP contribution in [0.25, 0.3) is 21.7 Å². The third-order valence-corrected chi connectivity index (χ3v) is 3.50. The van der Waals surface area contributed by atoms with Gasteiger partial charge in [0.1, 0.15) is 12.2 Å². The zero-order chi connectivity index (χ0) is 16.4. The van der Waals surface area contributed by atoms with Gasteiger partial charge in [-0.15, -0.1) is 0 Å². The number of carbonyl (C=O) groups is 1. The molecule has 0 N–H and O–H groups in total. The van der Waals surface area contributed by atoms with Crippen molar-refractivity contribution in [2.24, 2.45) is 0 Å². The molecule has 0 saturated carbocycles. The van der Waals surface area contributed by atoms with Gasteiger partial charge in [0.15, 0.2) is 0 Å². The molecule has 4 heteroatoms. The first-order valence-electron chi connectivity index (χ1n) is 7.31. The molecule has 0 spiro atoms. The van der Waals surface area contributed by atoms with E-state index in [-0.39, 0.29) is 6.61 Å². The molecule has 0 unspecified atom stereocenters. The summed E-state index contributed by atoms with van der Waals surface area (Å²) in [5, 5.41) is 2.62. The molecule has 4 nitrogen and oxygen atoms in total. The van der Waals surface area contributed by atoms with Crippen molar-refractivity contribution < 1.29 is 13.9 Å². The summed E-state index contributed by atoms with van der Waals surface area (Å²) in [6, 6.07) is 12.9. The Morgan fingerprint density at radius 2 is 1.91 bits per heavy atom. The van der Waals surface area contributed by atoms with E-state index in [4.69, 9.17) is 9.15 Å². The molecule has 0 radical (unpaired) electrons. The molecule has 0 saturated heterocycles. The summed E-state index contributed by atoms with van der Waals surface area (Å²) in [5.74, 6) is -0.424. The van der Waals surface area contributed by atoms with Crippen LogP contribution in [0.15, 0.2) is 63.3 Å². The lowest BCUT2D eigenvalue weighted by Crippen LogP contribution is -2.06. The van der Waals surface area contributed by atoms with Gasteiger partial charge in [0, 0.05) is 28.5 Å². The monoisotopic (exact) mass is 308 g/mol. The zero-order valence-corrected chi connectivity index (χ0v) is 13.0. The lowest BCUT2D eigenvalue weighted by molar-refractivity contribution is -0.139. The predicted octanol–water partition coefficient (Wildman–Crippen LogP) is 3.96. The number of benzene rings is 2. The van der Waals surface area contributed by atoms with Crippen LogP contribution in [-0.2, 0) is 16.1 Å². The summed E-state index contributed by atoms with van der Waals surface area (Å²) in [5.41, 5.74) is 1.56. The lowest BCUT2D eigenvalue weighted by Gasteiger charge is -2.08. The molecule has 0 aliphatic carbocycles. The molecule has 0 aliphatic heterocycles. The predicted molar refractivity (Wildman–Crippen MR) is 89.2 cm³/mol. The fourth-order valence-electron chi connectivity index (χ4n) is 2.50. The van der Waals surface area contributed by atoms with Gasteiger partial charge >= 0.3 is 11.6 Å². The van der Waals surface area contributed by atoms with Gasteiger partial charge in [-0.25, -0.2) is 9.59 Å². The van der Waals surface area contributed by atoms with Crippen LogP contribution in [0.2, 0.25) is 0 Å². The number of ether oxygens (including phenoxy) is 1. The molecule has 3 aromatic rings. The van der Waals surface area contributed by atoms with Crippen molar-refractivity contribution >= 4 is 27.7 Å². The lowest BCUT2D eigenvalue weighted by atomic mass is 10.0. The van der Waals surface area contributed by atoms with Crippen LogP contribution < -0.4 is 5.63 Å². The number of hydrogen-bond donors (Lipinski definition) is 0. The molecule has 0 fully saturated rings. The van der Waals surface area contributed by atoms with Crippen molar-refractivity contribution in [3.8, 4) is 0 Å². The molecule has 23 heavy (non-hydrogen) atoms.